The molecular formula is C31H59B3N8O8. The van der Waals surface area contributed by atoms with Gasteiger partial charge in [0.15, 0.2) is 0 Å². The van der Waals surface area contributed by atoms with Gasteiger partial charge in [-0.2, -0.15) is 0 Å². The first-order valence-electron chi connectivity index (χ1n) is 17.5. The number of ketones is 1. The summed E-state index contributed by atoms with van der Waals surface area (Å²) in [4.78, 5) is 99.4. The van der Waals surface area contributed by atoms with Crippen molar-refractivity contribution in [3.8, 4) is 0 Å². The van der Waals surface area contributed by atoms with E-state index in [-0.39, 0.29) is 80.3 Å². The zero-order valence-electron chi connectivity index (χ0n) is 31.2. The average Bonchev–Trinajstić information content (AvgIpc) is 3.06. The van der Waals surface area contributed by atoms with Crippen LogP contribution in [0.3, 0.4) is 0 Å². The second-order valence-electron chi connectivity index (χ2n) is 13.2. The van der Waals surface area contributed by atoms with Crippen molar-refractivity contribution in [3.05, 3.63) is 0 Å². The molecule has 7 N–H and O–H groups in total. The third-order valence-electron chi connectivity index (χ3n) is 8.57. The van der Waals surface area contributed by atoms with Gasteiger partial charge in [0.05, 0.1) is 26.1 Å². The van der Waals surface area contributed by atoms with E-state index in [1.807, 2.05) is 27.7 Å². The average molecular weight is 704 g/mol. The van der Waals surface area contributed by atoms with E-state index >= 15 is 0 Å². The molecule has 0 radical (unpaired) electrons. The summed E-state index contributed by atoms with van der Waals surface area (Å²) in [5.41, 5.74) is -0.372. The molecule has 0 aromatic carbocycles. The molecular weight excluding hydrogens is 645 g/mol. The predicted molar refractivity (Wildman–Crippen MR) is 197 cm³/mol. The third kappa shape index (κ3) is 21.3. The SMILES string of the molecule is BNC(=O)CCCCNC(=O)CN(CC(=O)NCCCCCC(=O)C(C)(C)C(C)C)CC(=O)NCCCC(=O)N[C@@H](CC(=O)NB)C(=O)NB. The lowest BCUT2D eigenvalue weighted by Gasteiger charge is -2.27. The standard InChI is InChI=1S/C31H59B3N8O8/c1-21(2)31(3,4)23(43)11-6-5-8-14-35-27(47)18-42(19-28(48)36-15-9-7-12-25(45)39-32)20-29(49)37-16-10-13-24(44)38-22(30(50)41-34)17-26(46)40-33/h21-22H,5-20,32-34H2,1-4H3,(H,35,47)(H,36,48)(H,37,49)(H,38,44)(H,39,45)(H,40,46)(H,41,50)/t22-/m0/s1. The van der Waals surface area contributed by atoms with E-state index in [2.05, 4.69) is 37.0 Å². The molecule has 0 saturated carbocycles. The van der Waals surface area contributed by atoms with Crippen LogP contribution in [0.5, 0.6) is 0 Å². The highest BCUT2D eigenvalue weighted by molar-refractivity contribution is 6.17. The van der Waals surface area contributed by atoms with Gasteiger partial charge in [-0.25, -0.2) is 0 Å². The molecule has 7 amide bonds. The molecule has 0 bridgehead atoms. The van der Waals surface area contributed by atoms with Crippen molar-refractivity contribution >= 4 is 71.1 Å². The molecule has 0 aromatic rings. The summed E-state index contributed by atoms with van der Waals surface area (Å²) >= 11 is 0. The van der Waals surface area contributed by atoms with Crippen molar-refractivity contribution in [1.29, 1.82) is 0 Å². The fraction of sp³-hybridized carbons (Fsp3) is 0.742. The molecule has 280 valence electrons. The Hall–Kier alpha value is -3.89. The van der Waals surface area contributed by atoms with Crippen LogP contribution in [-0.4, -0.2) is 121 Å². The number of carbonyl (C=O) groups is 8. The molecule has 1 atom stereocenters. The fourth-order valence-electron chi connectivity index (χ4n) is 4.58. The molecule has 16 nitrogen and oxygen atoms in total. The molecule has 0 spiro atoms. The van der Waals surface area contributed by atoms with Crippen LogP contribution in [-0.2, 0) is 38.4 Å². The van der Waals surface area contributed by atoms with E-state index in [1.165, 1.54) is 20.9 Å². The van der Waals surface area contributed by atoms with Crippen molar-refractivity contribution in [1.82, 2.24) is 41.9 Å². The van der Waals surface area contributed by atoms with Gasteiger partial charge in [-0.15, -0.1) is 0 Å². The maximum atomic E-state index is 12.7. The lowest BCUT2D eigenvalue weighted by Crippen LogP contribution is -2.48. The van der Waals surface area contributed by atoms with Gasteiger partial charge in [0.25, 0.3) is 0 Å². The van der Waals surface area contributed by atoms with E-state index in [0.29, 0.717) is 45.2 Å². The van der Waals surface area contributed by atoms with Crippen LogP contribution in [0.4, 0.5) is 0 Å². The summed E-state index contributed by atoms with van der Waals surface area (Å²) in [6.45, 7) is 8.19. The van der Waals surface area contributed by atoms with Gasteiger partial charge < -0.3 is 37.0 Å². The zero-order valence-corrected chi connectivity index (χ0v) is 31.2. The van der Waals surface area contributed by atoms with Gasteiger partial charge in [0.2, 0.25) is 65.3 Å². The molecule has 0 heterocycles. The topological polar surface area (TPSA) is 224 Å². The van der Waals surface area contributed by atoms with Gasteiger partial charge in [-0.05, 0) is 38.0 Å². The van der Waals surface area contributed by atoms with Crippen molar-refractivity contribution in [3.63, 3.8) is 0 Å². The van der Waals surface area contributed by atoms with Crippen LogP contribution >= 0.6 is 0 Å². The Morgan fingerprint density at radius 1 is 0.560 bits per heavy atom. The first-order chi connectivity index (χ1) is 23.6. The summed E-state index contributed by atoms with van der Waals surface area (Å²) in [6.07, 6.45) is 4.21. The van der Waals surface area contributed by atoms with Crippen LogP contribution in [0, 0.1) is 11.3 Å². The summed E-state index contributed by atoms with van der Waals surface area (Å²) in [6, 6.07) is -1.03. The molecule has 0 rings (SSSR count). The lowest BCUT2D eigenvalue weighted by atomic mass is 9.76. The van der Waals surface area contributed by atoms with Crippen molar-refractivity contribution in [2.24, 2.45) is 11.3 Å². The van der Waals surface area contributed by atoms with E-state index in [4.69, 9.17) is 0 Å². The Morgan fingerprint density at radius 2 is 1.02 bits per heavy atom. The highest BCUT2D eigenvalue weighted by atomic mass is 16.2. The number of Topliss-reactive ketones (excluding diaryl/α,β-unsaturated/α-hetero) is 1. The molecule has 0 unspecified atom stereocenters. The van der Waals surface area contributed by atoms with Gasteiger partial charge in [0, 0.05) is 44.3 Å². The molecule has 0 aromatic heterocycles. The highest BCUT2D eigenvalue weighted by Crippen LogP contribution is 2.29. The zero-order chi connectivity index (χ0) is 38.1. The van der Waals surface area contributed by atoms with Crippen molar-refractivity contribution in [2.75, 3.05) is 39.3 Å². The summed E-state index contributed by atoms with van der Waals surface area (Å²) < 4.78 is 0. The fourth-order valence-corrected chi connectivity index (χ4v) is 4.58. The number of nitrogens with one attached hydrogen (secondary N) is 7. The number of amides is 7. The monoisotopic (exact) mass is 704 g/mol. The normalized spacial score (nSPS) is 11.6. The second kappa shape index (κ2) is 26.0. The van der Waals surface area contributed by atoms with Crippen LogP contribution in [0.25, 0.3) is 0 Å². The maximum absolute atomic E-state index is 12.7. The van der Waals surface area contributed by atoms with Crippen molar-refractivity contribution < 1.29 is 38.4 Å². The number of hydrogen-bond donors (Lipinski definition) is 7. The van der Waals surface area contributed by atoms with E-state index < -0.39 is 29.7 Å². The molecule has 0 fully saturated rings. The van der Waals surface area contributed by atoms with E-state index in [9.17, 15) is 38.4 Å². The predicted octanol–water partition coefficient (Wildman–Crippen LogP) is -3.73. The Morgan fingerprint density at radius 3 is 1.50 bits per heavy atom. The number of hydrogen-bond acceptors (Lipinski definition) is 9. The molecule has 0 saturated heterocycles. The molecule has 0 aliphatic carbocycles. The molecule has 0 aliphatic rings. The van der Waals surface area contributed by atoms with Gasteiger partial charge in [-0.1, -0.05) is 34.1 Å². The molecule has 50 heavy (non-hydrogen) atoms. The van der Waals surface area contributed by atoms with Gasteiger partial charge in [-0.3, -0.25) is 43.3 Å². The largest absolute Gasteiger partial charge is 0.406 e. The van der Waals surface area contributed by atoms with Crippen molar-refractivity contribution in [2.45, 2.75) is 97.9 Å². The minimum Gasteiger partial charge on any atom is -0.406 e. The minimum atomic E-state index is -1.03. The maximum Gasteiger partial charge on any atom is 0.234 e. The first kappa shape index (κ1) is 46.1. The van der Waals surface area contributed by atoms with Gasteiger partial charge >= 0.3 is 0 Å². The lowest BCUT2D eigenvalue weighted by molar-refractivity contribution is -0.130. The van der Waals surface area contributed by atoms with Crippen LogP contribution in [0.15, 0.2) is 0 Å². The van der Waals surface area contributed by atoms with Crippen LogP contribution < -0.4 is 37.0 Å². The highest BCUT2D eigenvalue weighted by Gasteiger charge is 2.30. The first-order valence-corrected chi connectivity index (χ1v) is 17.5. The van der Waals surface area contributed by atoms with E-state index in [0.717, 1.165) is 12.8 Å². The summed E-state index contributed by atoms with van der Waals surface area (Å²) in [7, 11) is 4.38. The second-order valence-corrected chi connectivity index (χ2v) is 13.2. The number of rotatable bonds is 27. The molecule has 0 aliphatic heterocycles. The van der Waals surface area contributed by atoms with Crippen LogP contribution in [0.2, 0.25) is 0 Å². The van der Waals surface area contributed by atoms with Crippen LogP contribution in [0.1, 0.15) is 91.9 Å². The smallest absolute Gasteiger partial charge is 0.234 e. The Balaban J connectivity index is 4.91. The number of carbonyl (C=O) groups excluding carboxylic acids is 8. The third-order valence-corrected chi connectivity index (χ3v) is 8.57. The minimum absolute atomic E-state index is 0.0143. The number of unbranched alkanes of at least 4 members (excludes halogenated alkanes) is 3. The Labute approximate surface area is 299 Å². The van der Waals surface area contributed by atoms with Gasteiger partial charge in [0.1, 0.15) is 11.8 Å². The number of nitrogens with zero attached hydrogens (tertiary/aromatic N) is 1. The molecule has 19 heteroatoms. The Kier molecular flexibility index (Phi) is 24.0. The Bertz CT molecular complexity index is 1140. The van der Waals surface area contributed by atoms with E-state index in [1.54, 1.807) is 7.98 Å². The summed E-state index contributed by atoms with van der Waals surface area (Å²) in [5.74, 6) is -2.17. The quantitative estimate of drug-likeness (QED) is 0.0329. The summed E-state index contributed by atoms with van der Waals surface area (Å²) in [5, 5.41) is 18.1.